The van der Waals surface area contributed by atoms with Gasteiger partial charge < -0.3 is 15.4 Å². The van der Waals surface area contributed by atoms with Crippen molar-refractivity contribution in [1.82, 2.24) is 15.1 Å². The van der Waals surface area contributed by atoms with Gasteiger partial charge in [0.25, 0.3) is 5.91 Å². The quantitative estimate of drug-likeness (QED) is 0.548. The van der Waals surface area contributed by atoms with Crippen molar-refractivity contribution in [3.05, 3.63) is 72.6 Å². The normalized spacial score (nSPS) is 14.7. The second-order valence-electron chi connectivity index (χ2n) is 8.25. The van der Waals surface area contributed by atoms with Gasteiger partial charge in [0, 0.05) is 18.8 Å². The molecule has 0 radical (unpaired) electrons. The van der Waals surface area contributed by atoms with Crippen LogP contribution < -0.4 is 15.4 Å². The first kappa shape index (κ1) is 21.6. The van der Waals surface area contributed by atoms with Crippen LogP contribution in [-0.2, 0) is 11.8 Å². The number of ether oxygens (including phenoxy) is 1. The van der Waals surface area contributed by atoms with Crippen molar-refractivity contribution in [1.29, 1.82) is 0 Å². The molecule has 4 rings (SSSR count). The number of rotatable bonds is 8. The Morgan fingerprint density at radius 2 is 1.84 bits per heavy atom. The zero-order chi connectivity index (χ0) is 22.3. The topological polar surface area (TPSA) is 85.2 Å². The molecule has 1 fully saturated rings. The number of carbonyl (C=O) groups excluding carboxylic acids is 2. The summed E-state index contributed by atoms with van der Waals surface area (Å²) in [4.78, 5) is 26.0. The third kappa shape index (κ3) is 5.75. The van der Waals surface area contributed by atoms with Gasteiger partial charge in [-0.1, -0.05) is 49.9 Å². The maximum Gasteiger partial charge on any atom is 0.252 e. The molecule has 3 aromatic rings. The van der Waals surface area contributed by atoms with Gasteiger partial charge >= 0.3 is 0 Å². The maximum atomic E-state index is 13.0. The summed E-state index contributed by atoms with van der Waals surface area (Å²) in [6.07, 6.45) is 8.48. The highest BCUT2D eigenvalue weighted by atomic mass is 16.5. The van der Waals surface area contributed by atoms with E-state index in [0.717, 1.165) is 12.8 Å². The lowest BCUT2D eigenvalue weighted by Crippen LogP contribution is -2.44. The molecule has 0 bridgehead atoms. The zero-order valence-electron chi connectivity index (χ0n) is 18.2. The zero-order valence-corrected chi connectivity index (χ0v) is 18.2. The standard InChI is InChI=1S/C25H28N4O3/c1-29-17-20(16-26-29)27-25(31)23(14-18-8-5-6-9-18)28-24(30)19-10-7-13-22(15-19)32-21-11-3-2-4-12-21/h2-4,7,10-13,15-18,23H,5-6,8-9,14H2,1H3,(H,27,31)(H,28,30)/t23-/m0/s1. The molecule has 0 unspecified atom stereocenters. The summed E-state index contributed by atoms with van der Waals surface area (Å²) in [6, 6.07) is 15.8. The van der Waals surface area contributed by atoms with Gasteiger partial charge in [-0.2, -0.15) is 5.10 Å². The van der Waals surface area contributed by atoms with Gasteiger partial charge in [-0.25, -0.2) is 0 Å². The number of nitrogens with zero attached hydrogens (tertiary/aromatic N) is 2. The smallest absolute Gasteiger partial charge is 0.252 e. The van der Waals surface area contributed by atoms with Gasteiger partial charge in [0.15, 0.2) is 0 Å². The number of para-hydroxylation sites is 1. The predicted octanol–water partition coefficient (Wildman–Crippen LogP) is 4.53. The molecule has 1 aliphatic carbocycles. The van der Waals surface area contributed by atoms with Crippen molar-refractivity contribution in [2.45, 2.75) is 38.1 Å². The lowest BCUT2D eigenvalue weighted by atomic mass is 9.97. The predicted molar refractivity (Wildman–Crippen MR) is 123 cm³/mol. The molecule has 32 heavy (non-hydrogen) atoms. The first-order valence-electron chi connectivity index (χ1n) is 11.0. The minimum atomic E-state index is -0.621. The maximum absolute atomic E-state index is 13.0. The number of anilines is 1. The van der Waals surface area contributed by atoms with Crippen LogP contribution in [0.1, 0.15) is 42.5 Å². The van der Waals surface area contributed by atoms with Crippen LogP contribution in [0.5, 0.6) is 11.5 Å². The summed E-state index contributed by atoms with van der Waals surface area (Å²) in [5.41, 5.74) is 1.06. The van der Waals surface area contributed by atoms with Crippen molar-refractivity contribution in [3.8, 4) is 11.5 Å². The van der Waals surface area contributed by atoms with Crippen LogP contribution >= 0.6 is 0 Å². The van der Waals surface area contributed by atoms with E-state index in [0.29, 0.717) is 35.1 Å². The Hall–Kier alpha value is -3.61. The number of carbonyl (C=O) groups is 2. The number of aromatic nitrogens is 2. The number of aryl methyl sites for hydroxylation is 1. The number of hydrogen-bond acceptors (Lipinski definition) is 4. The molecule has 1 saturated carbocycles. The first-order valence-corrected chi connectivity index (χ1v) is 11.0. The van der Waals surface area contributed by atoms with Crippen LogP contribution in [-0.4, -0.2) is 27.6 Å². The van der Waals surface area contributed by atoms with Gasteiger partial charge in [-0.05, 0) is 42.7 Å². The van der Waals surface area contributed by atoms with E-state index in [1.165, 1.54) is 12.8 Å². The van der Waals surface area contributed by atoms with Gasteiger partial charge in [-0.15, -0.1) is 0 Å². The molecule has 7 heteroatoms. The lowest BCUT2D eigenvalue weighted by molar-refractivity contribution is -0.118. The lowest BCUT2D eigenvalue weighted by Gasteiger charge is -2.21. The van der Waals surface area contributed by atoms with Gasteiger partial charge in [0.2, 0.25) is 5.91 Å². The van der Waals surface area contributed by atoms with Crippen LogP contribution in [0.4, 0.5) is 5.69 Å². The van der Waals surface area contributed by atoms with E-state index in [2.05, 4.69) is 15.7 Å². The van der Waals surface area contributed by atoms with Crippen LogP contribution in [0.2, 0.25) is 0 Å². The largest absolute Gasteiger partial charge is 0.457 e. The molecule has 1 atom stereocenters. The van der Waals surface area contributed by atoms with Gasteiger partial charge in [0.1, 0.15) is 17.5 Å². The number of hydrogen-bond donors (Lipinski definition) is 2. The van der Waals surface area contributed by atoms with Crippen molar-refractivity contribution in [2.75, 3.05) is 5.32 Å². The molecule has 166 valence electrons. The van der Waals surface area contributed by atoms with E-state index in [4.69, 9.17) is 4.74 Å². The molecule has 0 spiro atoms. The average Bonchev–Trinajstić information content (AvgIpc) is 3.45. The molecule has 7 nitrogen and oxygen atoms in total. The Morgan fingerprint density at radius 1 is 1.09 bits per heavy atom. The molecule has 0 saturated heterocycles. The summed E-state index contributed by atoms with van der Waals surface area (Å²) < 4.78 is 7.47. The Bertz CT molecular complexity index is 1060. The SMILES string of the molecule is Cn1cc(NC(=O)[C@H](CC2CCCC2)NC(=O)c2cccc(Oc3ccccc3)c2)cn1. The van der Waals surface area contributed by atoms with Crippen LogP contribution in [0.3, 0.4) is 0 Å². The van der Waals surface area contributed by atoms with Crippen molar-refractivity contribution < 1.29 is 14.3 Å². The Morgan fingerprint density at radius 3 is 2.56 bits per heavy atom. The van der Waals surface area contributed by atoms with E-state index in [-0.39, 0.29) is 11.8 Å². The van der Waals surface area contributed by atoms with Gasteiger partial charge in [-0.3, -0.25) is 14.3 Å². The Kier molecular flexibility index (Phi) is 6.84. The second kappa shape index (κ2) is 10.1. The van der Waals surface area contributed by atoms with Crippen LogP contribution in [0, 0.1) is 5.92 Å². The molecule has 1 aliphatic rings. The second-order valence-corrected chi connectivity index (χ2v) is 8.25. The number of amides is 2. The van der Waals surface area contributed by atoms with Crippen LogP contribution in [0.25, 0.3) is 0 Å². The van der Waals surface area contributed by atoms with E-state index in [1.54, 1.807) is 48.4 Å². The summed E-state index contributed by atoms with van der Waals surface area (Å²) >= 11 is 0. The number of benzene rings is 2. The van der Waals surface area contributed by atoms with Crippen molar-refractivity contribution in [2.24, 2.45) is 13.0 Å². The van der Waals surface area contributed by atoms with Crippen LogP contribution in [0.15, 0.2) is 67.0 Å². The fourth-order valence-electron chi connectivity index (χ4n) is 4.09. The number of nitrogens with one attached hydrogen (secondary N) is 2. The molecular formula is C25H28N4O3. The average molecular weight is 433 g/mol. The summed E-state index contributed by atoms with van der Waals surface area (Å²) in [6.45, 7) is 0. The van der Waals surface area contributed by atoms with E-state index >= 15 is 0 Å². The van der Waals surface area contributed by atoms with E-state index in [9.17, 15) is 9.59 Å². The highest BCUT2D eigenvalue weighted by Crippen LogP contribution is 2.29. The molecule has 0 aliphatic heterocycles. The summed E-state index contributed by atoms with van der Waals surface area (Å²) in [5.74, 6) is 1.17. The molecule has 1 aromatic heterocycles. The first-order chi connectivity index (χ1) is 15.6. The van der Waals surface area contributed by atoms with E-state index < -0.39 is 6.04 Å². The highest BCUT2D eigenvalue weighted by Gasteiger charge is 2.27. The monoisotopic (exact) mass is 432 g/mol. The Labute approximate surface area is 187 Å². The summed E-state index contributed by atoms with van der Waals surface area (Å²) in [5, 5.41) is 9.91. The Balaban J connectivity index is 1.46. The molecular weight excluding hydrogens is 404 g/mol. The minimum Gasteiger partial charge on any atom is -0.457 e. The van der Waals surface area contributed by atoms with Crippen molar-refractivity contribution >= 4 is 17.5 Å². The van der Waals surface area contributed by atoms with E-state index in [1.807, 2.05) is 30.3 Å². The molecule has 1 heterocycles. The highest BCUT2D eigenvalue weighted by molar-refractivity contribution is 6.01. The minimum absolute atomic E-state index is 0.227. The summed E-state index contributed by atoms with van der Waals surface area (Å²) in [7, 11) is 1.79. The molecule has 2 amide bonds. The molecule has 2 aromatic carbocycles. The van der Waals surface area contributed by atoms with Crippen molar-refractivity contribution in [3.63, 3.8) is 0 Å². The third-order valence-electron chi connectivity index (χ3n) is 5.71. The molecule has 2 N–H and O–H groups in total. The fraction of sp³-hybridized carbons (Fsp3) is 0.320. The van der Waals surface area contributed by atoms with Gasteiger partial charge in [0.05, 0.1) is 11.9 Å². The fourth-order valence-corrected chi connectivity index (χ4v) is 4.09. The third-order valence-corrected chi connectivity index (χ3v) is 5.71.